The van der Waals surface area contributed by atoms with Crippen LogP contribution < -0.4 is 5.56 Å². The van der Waals surface area contributed by atoms with Gasteiger partial charge in [-0.15, -0.1) is 5.10 Å². The van der Waals surface area contributed by atoms with Gasteiger partial charge < -0.3 is 0 Å². The Labute approximate surface area is 126 Å². The summed E-state index contributed by atoms with van der Waals surface area (Å²) in [6, 6.07) is 15.6. The lowest BCUT2D eigenvalue weighted by Gasteiger charge is -2.10. The highest BCUT2D eigenvalue weighted by Gasteiger charge is 2.11. The maximum absolute atomic E-state index is 12.8. The van der Waals surface area contributed by atoms with Crippen LogP contribution in [0.4, 0.5) is 0 Å². The third-order valence-corrected chi connectivity index (χ3v) is 3.88. The molecular formula is C17H14N4O. The van der Waals surface area contributed by atoms with E-state index in [4.69, 9.17) is 0 Å². The van der Waals surface area contributed by atoms with E-state index in [1.54, 1.807) is 15.3 Å². The van der Waals surface area contributed by atoms with Crippen molar-refractivity contribution in [3.63, 3.8) is 0 Å². The van der Waals surface area contributed by atoms with Crippen molar-refractivity contribution < 1.29 is 0 Å². The number of rotatable bonds is 2. The number of hydrogen-bond acceptors (Lipinski definition) is 3. The Morgan fingerprint density at radius 1 is 1.05 bits per heavy atom. The van der Waals surface area contributed by atoms with Gasteiger partial charge in [-0.3, -0.25) is 9.36 Å². The predicted octanol–water partition coefficient (Wildman–Crippen LogP) is 2.40. The minimum atomic E-state index is -0.0222. The molecule has 108 valence electrons. The smallest absolute Gasteiger partial charge is 0.261 e. The van der Waals surface area contributed by atoms with Crippen molar-refractivity contribution >= 4 is 16.6 Å². The molecule has 5 nitrogen and oxygen atoms in total. The molecule has 2 aromatic carbocycles. The maximum atomic E-state index is 12.8. The van der Waals surface area contributed by atoms with E-state index in [2.05, 4.69) is 10.3 Å². The molecule has 2 heterocycles. The van der Waals surface area contributed by atoms with E-state index >= 15 is 0 Å². The molecule has 0 bridgehead atoms. The van der Waals surface area contributed by atoms with Gasteiger partial charge in [0, 0.05) is 0 Å². The molecule has 0 saturated heterocycles. The number of nitrogens with zero attached hydrogens (tertiary/aromatic N) is 4. The second kappa shape index (κ2) is 4.80. The summed E-state index contributed by atoms with van der Waals surface area (Å²) in [6.07, 6.45) is 1.63. The van der Waals surface area contributed by atoms with E-state index in [1.165, 1.54) is 5.56 Å². The second-order valence-corrected chi connectivity index (χ2v) is 5.40. The van der Waals surface area contributed by atoms with Gasteiger partial charge in [-0.05, 0) is 24.6 Å². The van der Waals surface area contributed by atoms with E-state index in [-0.39, 0.29) is 5.56 Å². The molecule has 0 N–H and O–H groups in total. The Hall–Kier alpha value is -2.95. The molecule has 0 unspecified atom stereocenters. The molecule has 2 aromatic heterocycles. The number of para-hydroxylation sites is 1. The van der Waals surface area contributed by atoms with Gasteiger partial charge in [0.05, 0.1) is 23.6 Å². The van der Waals surface area contributed by atoms with Crippen molar-refractivity contribution in [3.8, 4) is 0 Å². The fraction of sp³-hybridized carbons (Fsp3) is 0.118. The molecule has 0 aliphatic rings. The van der Waals surface area contributed by atoms with Gasteiger partial charge in [-0.2, -0.15) is 4.52 Å². The molecular weight excluding hydrogens is 276 g/mol. The Balaban J connectivity index is 1.99. The lowest BCUT2D eigenvalue weighted by atomic mass is 10.1. The Bertz CT molecular complexity index is 1030. The summed E-state index contributed by atoms with van der Waals surface area (Å²) < 4.78 is 3.43. The summed E-state index contributed by atoms with van der Waals surface area (Å²) in [5, 5.41) is 8.72. The summed E-state index contributed by atoms with van der Waals surface area (Å²) in [5.41, 5.74) is 3.73. The van der Waals surface area contributed by atoms with E-state index in [0.717, 1.165) is 11.1 Å². The maximum Gasteiger partial charge on any atom is 0.261 e. The molecule has 0 spiro atoms. The molecule has 4 aromatic rings. The summed E-state index contributed by atoms with van der Waals surface area (Å²) in [5.74, 6) is 0. The number of aryl methyl sites for hydroxylation is 1. The number of fused-ring (bicyclic) bond motifs is 3. The second-order valence-electron chi connectivity index (χ2n) is 5.40. The van der Waals surface area contributed by atoms with Gasteiger partial charge in [0.1, 0.15) is 0 Å². The normalized spacial score (nSPS) is 11.3. The van der Waals surface area contributed by atoms with Crippen LogP contribution in [-0.2, 0) is 6.54 Å². The quantitative estimate of drug-likeness (QED) is 0.569. The zero-order valence-electron chi connectivity index (χ0n) is 12.1. The van der Waals surface area contributed by atoms with E-state index in [9.17, 15) is 4.79 Å². The predicted molar refractivity (Wildman–Crippen MR) is 85.0 cm³/mol. The molecule has 0 saturated carbocycles. The van der Waals surface area contributed by atoms with Crippen LogP contribution in [0.25, 0.3) is 16.6 Å². The van der Waals surface area contributed by atoms with Crippen molar-refractivity contribution in [2.75, 3.05) is 0 Å². The fourth-order valence-electron chi connectivity index (χ4n) is 2.70. The van der Waals surface area contributed by atoms with Crippen molar-refractivity contribution in [2.45, 2.75) is 13.5 Å². The molecule has 0 aliphatic heterocycles. The SMILES string of the molecule is Cc1ccc(Cn2c(=O)c3ccccc3n3nncc23)cc1. The van der Waals surface area contributed by atoms with Crippen LogP contribution in [0.5, 0.6) is 0 Å². The van der Waals surface area contributed by atoms with E-state index < -0.39 is 0 Å². The molecule has 0 atom stereocenters. The first-order valence-corrected chi connectivity index (χ1v) is 7.11. The van der Waals surface area contributed by atoms with Gasteiger partial charge in [0.2, 0.25) is 0 Å². The fourth-order valence-corrected chi connectivity index (χ4v) is 2.70. The highest BCUT2D eigenvalue weighted by molar-refractivity contribution is 5.80. The summed E-state index contributed by atoms with van der Waals surface area (Å²) in [6.45, 7) is 2.55. The largest absolute Gasteiger partial charge is 0.287 e. The molecule has 0 radical (unpaired) electrons. The van der Waals surface area contributed by atoms with Crippen molar-refractivity contribution in [3.05, 3.63) is 76.2 Å². The molecule has 4 rings (SSSR count). The minimum absolute atomic E-state index is 0.0222. The summed E-state index contributed by atoms with van der Waals surface area (Å²) >= 11 is 0. The third-order valence-electron chi connectivity index (χ3n) is 3.88. The van der Waals surface area contributed by atoms with Crippen molar-refractivity contribution in [1.82, 2.24) is 19.4 Å². The monoisotopic (exact) mass is 290 g/mol. The highest BCUT2D eigenvalue weighted by Crippen LogP contribution is 2.13. The van der Waals surface area contributed by atoms with Crippen LogP contribution in [-0.4, -0.2) is 19.4 Å². The van der Waals surface area contributed by atoms with Crippen LogP contribution in [0, 0.1) is 6.92 Å². The van der Waals surface area contributed by atoms with Gasteiger partial charge in [-0.25, -0.2) is 0 Å². The number of aromatic nitrogens is 4. The van der Waals surface area contributed by atoms with E-state index in [1.807, 2.05) is 55.5 Å². The Morgan fingerprint density at radius 3 is 2.64 bits per heavy atom. The summed E-state index contributed by atoms with van der Waals surface area (Å²) in [7, 11) is 0. The molecule has 0 aliphatic carbocycles. The van der Waals surface area contributed by atoms with Crippen LogP contribution in [0.3, 0.4) is 0 Å². The lowest BCUT2D eigenvalue weighted by Crippen LogP contribution is -2.23. The zero-order valence-corrected chi connectivity index (χ0v) is 12.1. The average molecular weight is 290 g/mol. The summed E-state index contributed by atoms with van der Waals surface area (Å²) in [4.78, 5) is 12.8. The number of benzene rings is 2. The first kappa shape index (κ1) is 12.8. The standard InChI is InChI=1S/C17H14N4O/c1-12-6-8-13(9-7-12)11-20-16-10-18-19-21(16)15-5-3-2-4-14(15)17(20)22/h2-10H,11H2,1H3. The van der Waals surface area contributed by atoms with Gasteiger partial charge in [0.15, 0.2) is 5.65 Å². The highest BCUT2D eigenvalue weighted by atomic mass is 16.1. The molecule has 0 fully saturated rings. The van der Waals surface area contributed by atoms with Crippen molar-refractivity contribution in [1.29, 1.82) is 0 Å². The van der Waals surface area contributed by atoms with E-state index in [0.29, 0.717) is 17.6 Å². The number of hydrogen-bond donors (Lipinski definition) is 0. The molecule has 0 amide bonds. The van der Waals surface area contributed by atoms with Crippen molar-refractivity contribution in [2.24, 2.45) is 0 Å². The van der Waals surface area contributed by atoms with Crippen LogP contribution in [0.1, 0.15) is 11.1 Å². The van der Waals surface area contributed by atoms with Crippen LogP contribution >= 0.6 is 0 Å². The van der Waals surface area contributed by atoms with Crippen LogP contribution in [0.2, 0.25) is 0 Å². The molecule has 22 heavy (non-hydrogen) atoms. The first-order valence-electron chi connectivity index (χ1n) is 7.11. The minimum Gasteiger partial charge on any atom is -0.287 e. The molecule has 5 heteroatoms. The zero-order chi connectivity index (χ0) is 15.1. The Morgan fingerprint density at radius 2 is 1.82 bits per heavy atom. The lowest BCUT2D eigenvalue weighted by molar-refractivity contribution is 0.761. The first-order chi connectivity index (χ1) is 10.7. The Kier molecular flexibility index (Phi) is 2.79. The van der Waals surface area contributed by atoms with Gasteiger partial charge in [-0.1, -0.05) is 47.2 Å². The van der Waals surface area contributed by atoms with Gasteiger partial charge >= 0.3 is 0 Å². The topological polar surface area (TPSA) is 52.2 Å². The van der Waals surface area contributed by atoms with Crippen LogP contribution in [0.15, 0.2) is 59.5 Å². The third kappa shape index (κ3) is 1.90. The van der Waals surface area contributed by atoms with Gasteiger partial charge in [0.25, 0.3) is 5.56 Å². The average Bonchev–Trinajstić information content (AvgIpc) is 3.03.